The van der Waals surface area contributed by atoms with Gasteiger partial charge >= 0.3 is 0 Å². The van der Waals surface area contributed by atoms with E-state index in [1.165, 1.54) is 21.6 Å². The lowest BCUT2D eigenvalue weighted by Crippen LogP contribution is -2.04. The molecular weight excluding hydrogens is 284 g/mol. The van der Waals surface area contributed by atoms with Gasteiger partial charge in [-0.15, -0.1) is 23.7 Å². The molecule has 1 atom stereocenters. The lowest BCUT2D eigenvalue weighted by molar-refractivity contribution is 0.674. The molecule has 0 aliphatic rings. The Labute approximate surface area is 136 Å². The second-order valence-electron chi connectivity index (χ2n) is 5.41. The van der Waals surface area contributed by atoms with Crippen molar-refractivity contribution in [2.75, 3.05) is 0 Å². The van der Waals surface area contributed by atoms with Gasteiger partial charge in [0, 0.05) is 10.8 Å². The highest BCUT2D eigenvalue weighted by atomic mass is 32.1. The van der Waals surface area contributed by atoms with Crippen molar-refractivity contribution in [2.24, 2.45) is 5.92 Å². The normalized spacial score (nSPS) is 11.8. The van der Waals surface area contributed by atoms with E-state index in [4.69, 9.17) is 6.42 Å². The number of hydrogen-bond donors (Lipinski definition) is 0. The first-order valence-corrected chi connectivity index (χ1v) is 8.36. The van der Waals surface area contributed by atoms with Gasteiger partial charge in [0.15, 0.2) is 0 Å². The summed E-state index contributed by atoms with van der Waals surface area (Å²) in [6, 6.07) is 23.5. The van der Waals surface area contributed by atoms with Crippen LogP contribution in [0.1, 0.15) is 10.4 Å². The summed E-state index contributed by atoms with van der Waals surface area (Å²) in [5.74, 6) is 3.21. The van der Waals surface area contributed by atoms with Crippen molar-refractivity contribution in [3.63, 3.8) is 0 Å². The zero-order chi connectivity index (χ0) is 15.2. The summed E-state index contributed by atoms with van der Waals surface area (Å²) >= 11 is 1.78. The van der Waals surface area contributed by atoms with Gasteiger partial charge in [0.1, 0.15) is 0 Å². The van der Waals surface area contributed by atoms with E-state index < -0.39 is 0 Å². The number of benzene rings is 2. The van der Waals surface area contributed by atoms with Crippen molar-refractivity contribution in [1.29, 1.82) is 0 Å². The highest BCUT2D eigenvalue weighted by Gasteiger charge is 2.09. The van der Waals surface area contributed by atoms with Crippen molar-refractivity contribution >= 4 is 11.3 Å². The van der Waals surface area contributed by atoms with Crippen molar-refractivity contribution in [3.05, 3.63) is 82.6 Å². The predicted octanol–water partition coefficient (Wildman–Crippen LogP) is 5.45. The Kier molecular flexibility index (Phi) is 4.73. The molecule has 0 aliphatic carbocycles. The second kappa shape index (κ2) is 7.11. The fourth-order valence-corrected chi connectivity index (χ4v) is 3.40. The maximum Gasteiger partial charge on any atom is 0.0288 e. The molecule has 1 heterocycles. The molecule has 1 aromatic heterocycles. The van der Waals surface area contributed by atoms with E-state index in [1.54, 1.807) is 11.3 Å². The van der Waals surface area contributed by atoms with Gasteiger partial charge in [-0.25, -0.2) is 0 Å². The molecule has 0 fully saturated rings. The Hall–Kier alpha value is -2.30. The molecule has 1 heteroatoms. The van der Waals surface area contributed by atoms with Gasteiger partial charge in [0.05, 0.1) is 0 Å². The summed E-state index contributed by atoms with van der Waals surface area (Å²) in [5, 5.41) is 2.11. The molecule has 22 heavy (non-hydrogen) atoms. The summed E-state index contributed by atoms with van der Waals surface area (Å²) in [4.78, 5) is 1.36. The molecule has 0 nitrogen and oxygen atoms in total. The molecule has 0 amide bonds. The van der Waals surface area contributed by atoms with Crippen molar-refractivity contribution in [3.8, 4) is 23.5 Å². The Morgan fingerprint density at radius 3 is 2.18 bits per heavy atom. The van der Waals surface area contributed by atoms with Gasteiger partial charge in [-0.05, 0) is 41.0 Å². The molecule has 0 radical (unpaired) electrons. The average molecular weight is 302 g/mol. The third-order valence-electron chi connectivity index (χ3n) is 3.81. The van der Waals surface area contributed by atoms with Gasteiger partial charge in [-0.3, -0.25) is 0 Å². The zero-order valence-corrected chi connectivity index (χ0v) is 13.2. The number of terminal acetylenes is 1. The minimum absolute atomic E-state index is 0.265. The van der Waals surface area contributed by atoms with Gasteiger partial charge < -0.3 is 0 Å². The lowest BCUT2D eigenvalue weighted by Gasteiger charge is -2.10. The van der Waals surface area contributed by atoms with Crippen molar-refractivity contribution in [2.45, 2.75) is 12.8 Å². The van der Waals surface area contributed by atoms with Crippen LogP contribution in [0.5, 0.6) is 0 Å². The molecule has 3 rings (SSSR count). The van der Waals surface area contributed by atoms with Crippen LogP contribution in [-0.2, 0) is 12.8 Å². The van der Waals surface area contributed by atoms with E-state index in [1.807, 2.05) is 6.07 Å². The molecule has 0 spiro atoms. The minimum atomic E-state index is 0.265. The SMILES string of the molecule is C#CC(Cc1ccc(-c2ccccc2)cc1)Cc1cccs1. The van der Waals surface area contributed by atoms with Crippen LogP contribution in [0.15, 0.2) is 72.1 Å². The standard InChI is InChI=1S/C21H18S/c1-2-17(16-21-9-6-14-22-21)15-18-10-12-20(13-11-18)19-7-4-3-5-8-19/h1,3-14,17H,15-16H2. The monoisotopic (exact) mass is 302 g/mol. The van der Waals surface area contributed by atoms with Crippen LogP contribution >= 0.6 is 11.3 Å². The van der Waals surface area contributed by atoms with E-state index in [0.717, 1.165) is 12.8 Å². The first kappa shape index (κ1) is 14.6. The Bertz CT molecular complexity index is 731. The lowest BCUT2D eigenvalue weighted by atomic mass is 9.95. The highest BCUT2D eigenvalue weighted by Crippen LogP contribution is 2.22. The summed E-state index contributed by atoms with van der Waals surface area (Å²) in [6.45, 7) is 0. The first-order valence-electron chi connectivity index (χ1n) is 7.48. The third-order valence-corrected chi connectivity index (χ3v) is 4.71. The maximum atomic E-state index is 5.71. The smallest absolute Gasteiger partial charge is 0.0288 e. The number of hydrogen-bond acceptors (Lipinski definition) is 1. The van der Waals surface area contributed by atoms with Crippen LogP contribution in [0, 0.1) is 18.3 Å². The number of thiophene rings is 1. The van der Waals surface area contributed by atoms with Crippen LogP contribution in [0.4, 0.5) is 0 Å². The molecule has 0 saturated heterocycles. The minimum Gasteiger partial charge on any atom is -0.149 e. The topological polar surface area (TPSA) is 0 Å². The molecule has 0 aliphatic heterocycles. The largest absolute Gasteiger partial charge is 0.149 e. The van der Waals surface area contributed by atoms with E-state index in [2.05, 4.69) is 72.0 Å². The van der Waals surface area contributed by atoms with E-state index >= 15 is 0 Å². The molecular formula is C21H18S. The van der Waals surface area contributed by atoms with Gasteiger partial charge in [0.25, 0.3) is 0 Å². The quantitative estimate of drug-likeness (QED) is 0.550. The van der Waals surface area contributed by atoms with Gasteiger partial charge in [0.2, 0.25) is 0 Å². The Balaban J connectivity index is 1.69. The van der Waals surface area contributed by atoms with E-state index in [-0.39, 0.29) is 5.92 Å². The van der Waals surface area contributed by atoms with Gasteiger partial charge in [-0.2, -0.15) is 0 Å². The third kappa shape index (κ3) is 3.67. The van der Waals surface area contributed by atoms with E-state index in [9.17, 15) is 0 Å². The molecule has 2 aromatic carbocycles. The first-order chi connectivity index (χ1) is 10.8. The highest BCUT2D eigenvalue weighted by molar-refractivity contribution is 7.09. The maximum absolute atomic E-state index is 5.71. The molecule has 0 N–H and O–H groups in total. The van der Waals surface area contributed by atoms with E-state index in [0.29, 0.717) is 0 Å². The Morgan fingerprint density at radius 2 is 1.55 bits per heavy atom. The van der Waals surface area contributed by atoms with Crippen LogP contribution in [-0.4, -0.2) is 0 Å². The van der Waals surface area contributed by atoms with Crippen molar-refractivity contribution < 1.29 is 0 Å². The summed E-state index contributed by atoms with van der Waals surface area (Å²) in [7, 11) is 0. The average Bonchev–Trinajstić information content (AvgIpc) is 3.09. The van der Waals surface area contributed by atoms with Crippen LogP contribution in [0.3, 0.4) is 0 Å². The summed E-state index contributed by atoms with van der Waals surface area (Å²) < 4.78 is 0. The molecule has 0 saturated carbocycles. The molecule has 0 bridgehead atoms. The predicted molar refractivity (Wildman–Crippen MR) is 95.9 cm³/mol. The number of rotatable bonds is 5. The fraction of sp³-hybridized carbons (Fsp3) is 0.143. The van der Waals surface area contributed by atoms with Crippen LogP contribution in [0.25, 0.3) is 11.1 Å². The molecule has 3 aromatic rings. The second-order valence-corrected chi connectivity index (χ2v) is 6.45. The zero-order valence-electron chi connectivity index (χ0n) is 12.4. The molecule has 1 unspecified atom stereocenters. The van der Waals surface area contributed by atoms with Crippen molar-refractivity contribution in [1.82, 2.24) is 0 Å². The van der Waals surface area contributed by atoms with Crippen LogP contribution < -0.4 is 0 Å². The molecule has 108 valence electrons. The summed E-state index contributed by atoms with van der Waals surface area (Å²) in [5.41, 5.74) is 3.81. The fourth-order valence-electron chi connectivity index (χ4n) is 2.61. The Morgan fingerprint density at radius 1 is 0.818 bits per heavy atom. The van der Waals surface area contributed by atoms with Gasteiger partial charge in [-0.1, -0.05) is 60.7 Å². The summed E-state index contributed by atoms with van der Waals surface area (Å²) in [6.07, 6.45) is 7.61. The van der Waals surface area contributed by atoms with Crippen LogP contribution in [0.2, 0.25) is 0 Å².